The van der Waals surface area contributed by atoms with Gasteiger partial charge in [-0.1, -0.05) is 61.7 Å². The Morgan fingerprint density at radius 3 is 2.41 bits per heavy atom. The number of nitrogens with zero attached hydrogens (tertiary/aromatic N) is 3. The Hall–Kier alpha value is -3.74. The number of hydrogen-bond acceptors (Lipinski definition) is 5. The summed E-state index contributed by atoms with van der Waals surface area (Å²) >= 11 is 0. The largest absolute Gasteiger partial charge is 0.497 e. The molecule has 0 radical (unpaired) electrons. The van der Waals surface area contributed by atoms with Crippen LogP contribution in [0.5, 0.6) is 5.75 Å². The molecular formula is C27H30N4O3. The molecule has 0 aliphatic heterocycles. The molecule has 1 aromatic heterocycles. The van der Waals surface area contributed by atoms with Gasteiger partial charge >= 0.3 is 0 Å². The van der Waals surface area contributed by atoms with E-state index < -0.39 is 6.04 Å². The van der Waals surface area contributed by atoms with Gasteiger partial charge in [-0.15, -0.1) is 0 Å². The first-order valence-corrected chi connectivity index (χ1v) is 11.7. The third-order valence-corrected chi connectivity index (χ3v) is 6.18. The minimum Gasteiger partial charge on any atom is -0.497 e. The number of nitrogens with one attached hydrogen (secondary N) is 1. The Bertz CT molecular complexity index is 1070. The van der Waals surface area contributed by atoms with Crippen LogP contribution in [0, 0.1) is 0 Å². The Labute approximate surface area is 200 Å². The van der Waals surface area contributed by atoms with Crippen molar-refractivity contribution in [2.45, 2.75) is 50.7 Å². The van der Waals surface area contributed by atoms with Crippen LogP contribution in [0.4, 0.5) is 0 Å². The van der Waals surface area contributed by atoms with Crippen LogP contribution in [-0.4, -0.2) is 39.8 Å². The van der Waals surface area contributed by atoms with Gasteiger partial charge in [0.25, 0.3) is 5.91 Å². The number of methoxy groups -OCH3 is 1. The molecule has 2 aromatic carbocycles. The molecule has 0 bridgehead atoms. The highest BCUT2D eigenvalue weighted by Gasteiger charge is 2.34. The fourth-order valence-corrected chi connectivity index (χ4v) is 4.40. The van der Waals surface area contributed by atoms with Crippen LogP contribution in [0.25, 0.3) is 0 Å². The fourth-order valence-electron chi connectivity index (χ4n) is 4.40. The topological polar surface area (TPSA) is 84.4 Å². The zero-order valence-electron chi connectivity index (χ0n) is 19.4. The molecule has 1 saturated carbocycles. The molecule has 4 rings (SSSR count). The standard InChI is InChI=1S/C27H30N4O3/c1-34-23-14-12-21(13-15-23)25(26(32)30-22-10-6-3-7-11-22)31(19-20-8-4-2-5-9-20)27(33)24-18-28-16-17-29-24/h2,4-5,8-9,12-18,22,25H,3,6-7,10-11,19H2,1H3,(H,30,32)/t25-/m1/s1. The fraction of sp³-hybridized carbons (Fsp3) is 0.333. The molecule has 1 aliphatic carbocycles. The molecule has 34 heavy (non-hydrogen) atoms. The highest BCUT2D eigenvalue weighted by molar-refractivity contribution is 5.96. The monoisotopic (exact) mass is 458 g/mol. The number of carbonyl (C=O) groups is 2. The van der Waals surface area contributed by atoms with Gasteiger partial charge < -0.3 is 15.0 Å². The van der Waals surface area contributed by atoms with Crippen molar-refractivity contribution in [2.75, 3.05) is 7.11 Å². The molecule has 0 spiro atoms. The Kier molecular flexibility index (Phi) is 7.86. The van der Waals surface area contributed by atoms with Gasteiger partial charge in [0.05, 0.1) is 13.3 Å². The van der Waals surface area contributed by atoms with E-state index in [1.807, 2.05) is 54.6 Å². The molecular weight excluding hydrogens is 428 g/mol. The van der Waals surface area contributed by atoms with Gasteiger partial charge in [-0.05, 0) is 36.1 Å². The predicted octanol–water partition coefficient (Wildman–Crippen LogP) is 4.32. The summed E-state index contributed by atoms with van der Waals surface area (Å²) in [6.45, 7) is 0.255. The Morgan fingerprint density at radius 1 is 1.03 bits per heavy atom. The summed E-state index contributed by atoms with van der Waals surface area (Å²) in [7, 11) is 1.60. The summed E-state index contributed by atoms with van der Waals surface area (Å²) in [5, 5.41) is 3.22. The maximum atomic E-state index is 13.8. The number of rotatable bonds is 8. The first-order valence-electron chi connectivity index (χ1n) is 11.7. The van der Waals surface area contributed by atoms with E-state index in [-0.39, 0.29) is 30.1 Å². The molecule has 176 valence electrons. The van der Waals surface area contributed by atoms with E-state index in [9.17, 15) is 9.59 Å². The van der Waals surface area contributed by atoms with E-state index in [1.165, 1.54) is 25.0 Å². The number of benzene rings is 2. The lowest BCUT2D eigenvalue weighted by Gasteiger charge is -2.33. The van der Waals surface area contributed by atoms with Crippen LogP contribution >= 0.6 is 0 Å². The van der Waals surface area contributed by atoms with Crippen molar-refractivity contribution < 1.29 is 14.3 Å². The molecule has 1 fully saturated rings. The SMILES string of the molecule is COc1ccc([C@H](C(=O)NC2CCCCC2)N(Cc2ccccc2)C(=O)c2cnccn2)cc1. The Balaban J connectivity index is 1.73. The van der Waals surface area contributed by atoms with E-state index in [0.29, 0.717) is 11.3 Å². The molecule has 7 heteroatoms. The molecule has 2 amide bonds. The molecule has 1 heterocycles. The van der Waals surface area contributed by atoms with Gasteiger partial charge in [0.1, 0.15) is 17.5 Å². The molecule has 1 aliphatic rings. The van der Waals surface area contributed by atoms with E-state index in [1.54, 1.807) is 12.0 Å². The smallest absolute Gasteiger partial charge is 0.275 e. The van der Waals surface area contributed by atoms with E-state index in [4.69, 9.17) is 4.74 Å². The van der Waals surface area contributed by atoms with Gasteiger partial charge in [0.15, 0.2) is 0 Å². The molecule has 1 N–H and O–H groups in total. The van der Waals surface area contributed by atoms with Gasteiger partial charge in [-0.25, -0.2) is 4.98 Å². The van der Waals surface area contributed by atoms with E-state index in [2.05, 4.69) is 15.3 Å². The molecule has 0 saturated heterocycles. The van der Waals surface area contributed by atoms with Crippen molar-refractivity contribution in [1.29, 1.82) is 0 Å². The first kappa shape index (κ1) is 23.4. The lowest BCUT2D eigenvalue weighted by atomic mass is 9.94. The van der Waals surface area contributed by atoms with Gasteiger partial charge in [0, 0.05) is 25.0 Å². The van der Waals surface area contributed by atoms with Crippen LogP contribution in [0.2, 0.25) is 0 Å². The lowest BCUT2D eigenvalue weighted by Crippen LogP contribution is -2.47. The maximum Gasteiger partial charge on any atom is 0.275 e. The maximum absolute atomic E-state index is 13.8. The van der Waals surface area contributed by atoms with Crippen LogP contribution in [-0.2, 0) is 11.3 Å². The van der Waals surface area contributed by atoms with Crippen LogP contribution < -0.4 is 10.1 Å². The quantitative estimate of drug-likeness (QED) is 0.544. The van der Waals surface area contributed by atoms with E-state index >= 15 is 0 Å². The van der Waals surface area contributed by atoms with Crippen LogP contribution in [0.3, 0.4) is 0 Å². The average molecular weight is 459 g/mol. The molecule has 3 aromatic rings. The molecule has 1 atom stereocenters. The van der Waals surface area contributed by atoms with Gasteiger partial charge in [0.2, 0.25) is 5.91 Å². The molecule has 7 nitrogen and oxygen atoms in total. The zero-order chi connectivity index (χ0) is 23.8. The van der Waals surface area contributed by atoms with Crippen molar-refractivity contribution >= 4 is 11.8 Å². The summed E-state index contributed by atoms with van der Waals surface area (Å²) in [5.41, 5.74) is 1.83. The highest BCUT2D eigenvalue weighted by atomic mass is 16.5. The summed E-state index contributed by atoms with van der Waals surface area (Å²) in [4.78, 5) is 37.3. The Morgan fingerprint density at radius 2 is 1.76 bits per heavy atom. The summed E-state index contributed by atoms with van der Waals surface area (Å²) in [5.74, 6) is 0.145. The van der Waals surface area contributed by atoms with Crippen molar-refractivity contribution in [3.63, 3.8) is 0 Å². The minimum atomic E-state index is -0.831. The highest BCUT2D eigenvalue weighted by Crippen LogP contribution is 2.28. The average Bonchev–Trinajstić information content (AvgIpc) is 2.90. The van der Waals surface area contributed by atoms with Gasteiger partial charge in [-0.2, -0.15) is 0 Å². The third-order valence-electron chi connectivity index (χ3n) is 6.18. The second kappa shape index (κ2) is 11.4. The first-order chi connectivity index (χ1) is 16.7. The number of ether oxygens (including phenoxy) is 1. The van der Waals surface area contributed by atoms with Crippen molar-refractivity contribution in [2.24, 2.45) is 0 Å². The van der Waals surface area contributed by atoms with Gasteiger partial charge in [-0.3, -0.25) is 14.6 Å². The number of carbonyl (C=O) groups excluding carboxylic acids is 2. The number of aromatic nitrogens is 2. The minimum absolute atomic E-state index is 0.118. The number of amides is 2. The summed E-state index contributed by atoms with van der Waals surface area (Å²) in [6, 6.07) is 16.2. The normalized spacial score (nSPS) is 14.7. The molecule has 0 unspecified atom stereocenters. The second-order valence-corrected chi connectivity index (χ2v) is 8.53. The number of hydrogen-bond donors (Lipinski definition) is 1. The third kappa shape index (κ3) is 5.78. The predicted molar refractivity (Wildman–Crippen MR) is 129 cm³/mol. The van der Waals surface area contributed by atoms with Crippen LogP contribution in [0.15, 0.2) is 73.2 Å². The zero-order valence-corrected chi connectivity index (χ0v) is 19.4. The second-order valence-electron chi connectivity index (χ2n) is 8.53. The summed E-state index contributed by atoms with van der Waals surface area (Å²) < 4.78 is 5.30. The van der Waals surface area contributed by atoms with Crippen molar-refractivity contribution in [3.05, 3.63) is 90.0 Å². The summed E-state index contributed by atoms with van der Waals surface area (Å²) in [6.07, 6.45) is 9.75. The van der Waals surface area contributed by atoms with Crippen LogP contribution in [0.1, 0.15) is 59.8 Å². The lowest BCUT2D eigenvalue weighted by molar-refractivity contribution is -0.127. The van der Waals surface area contributed by atoms with E-state index in [0.717, 1.165) is 31.2 Å². The van der Waals surface area contributed by atoms with Crippen molar-refractivity contribution in [3.8, 4) is 5.75 Å². The van der Waals surface area contributed by atoms with Crippen molar-refractivity contribution in [1.82, 2.24) is 20.2 Å².